The Hall–Kier alpha value is -2.25. The Morgan fingerprint density at radius 3 is 2.34 bits per heavy atom. The molecule has 1 aromatic rings. The normalized spacial score (nSPS) is 22.1. The van der Waals surface area contributed by atoms with E-state index in [2.05, 4.69) is 9.94 Å². The van der Waals surface area contributed by atoms with Crippen LogP contribution in [-0.2, 0) is 19.6 Å². The molecule has 3 rings (SSSR count). The van der Waals surface area contributed by atoms with E-state index in [0.717, 1.165) is 0 Å². The molecule has 0 atom stereocenters. The first-order valence-electron chi connectivity index (χ1n) is 9.72. The Labute approximate surface area is 172 Å². The molecule has 2 aliphatic rings. The molecule has 0 saturated carbocycles. The molecule has 0 radical (unpaired) electrons. The number of hydrogen-bond acceptors (Lipinski definition) is 6. The van der Waals surface area contributed by atoms with Crippen molar-refractivity contribution in [3.05, 3.63) is 17.6 Å². The van der Waals surface area contributed by atoms with E-state index < -0.39 is 35.6 Å². The van der Waals surface area contributed by atoms with Gasteiger partial charge in [0.1, 0.15) is 11.4 Å². The molecule has 2 N–H and O–H groups in total. The highest BCUT2D eigenvalue weighted by atomic mass is 16.7. The van der Waals surface area contributed by atoms with E-state index in [1.165, 1.54) is 0 Å². The molecule has 9 nitrogen and oxygen atoms in total. The van der Waals surface area contributed by atoms with Gasteiger partial charge in [-0.1, -0.05) is 0 Å². The van der Waals surface area contributed by atoms with E-state index in [4.69, 9.17) is 26.4 Å². The van der Waals surface area contributed by atoms with Gasteiger partial charge >= 0.3 is 13.2 Å². The van der Waals surface area contributed by atoms with Crippen LogP contribution in [0.15, 0.2) is 6.20 Å². The van der Waals surface area contributed by atoms with Crippen LogP contribution in [0.25, 0.3) is 4.85 Å². The average molecular weight is 403 g/mol. The van der Waals surface area contributed by atoms with Crippen LogP contribution in [0.3, 0.4) is 0 Å². The lowest BCUT2D eigenvalue weighted by Crippen LogP contribution is -2.66. The fourth-order valence-corrected chi connectivity index (χ4v) is 3.38. The largest absolute Gasteiger partial charge is 0.500 e. The number of nitrogens with zero attached hydrogens (tertiary/aromatic N) is 4. The summed E-state index contributed by atoms with van der Waals surface area (Å²) in [5.74, 6) is 0.295. The Morgan fingerprint density at radius 2 is 1.86 bits per heavy atom. The fourth-order valence-electron chi connectivity index (χ4n) is 3.38. The van der Waals surface area contributed by atoms with Gasteiger partial charge in [-0.2, -0.15) is 5.10 Å². The van der Waals surface area contributed by atoms with Crippen LogP contribution >= 0.6 is 0 Å². The Kier molecular flexibility index (Phi) is 4.91. The summed E-state index contributed by atoms with van der Waals surface area (Å²) in [7, 11) is -0.638. The number of rotatable bonds is 3. The number of amides is 1. The molecule has 29 heavy (non-hydrogen) atoms. The Morgan fingerprint density at radius 1 is 1.31 bits per heavy atom. The van der Waals surface area contributed by atoms with Crippen LogP contribution in [0.4, 0.5) is 10.6 Å². The number of ether oxygens (including phenoxy) is 1. The molecule has 0 aliphatic carbocycles. The highest BCUT2D eigenvalue weighted by Gasteiger charge is 2.55. The summed E-state index contributed by atoms with van der Waals surface area (Å²) in [4.78, 5) is 17.5. The van der Waals surface area contributed by atoms with Crippen molar-refractivity contribution in [1.82, 2.24) is 14.7 Å². The molecule has 10 heteroatoms. The number of anilines is 1. The summed E-state index contributed by atoms with van der Waals surface area (Å²) in [6, 6.07) is 0. The Bertz CT molecular complexity index is 830. The monoisotopic (exact) mass is 403 g/mol. The molecule has 1 amide bonds. The van der Waals surface area contributed by atoms with E-state index in [1.807, 2.05) is 48.5 Å². The first-order valence-corrected chi connectivity index (χ1v) is 9.72. The molecule has 0 bridgehead atoms. The van der Waals surface area contributed by atoms with Gasteiger partial charge in [-0.3, -0.25) is 4.68 Å². The molecule has 2 fully saturated rings. The van der Waals surface area contributed by atoms with Crippen LogP contribution in [0, 0.1) is 6.57 Å². The van der Waals surface area contributed by atoms with Gasteiger partial charge in [-0.15, -0.1) is 0 Å². The highest BCUT2D eigenvalue weighted by molar-refractivity contribution is 6.63. The molecule has 158 valence electrons. The zero-order valence-corrected chi connectivity index (χ0v) is 18.3. The van der Waals surface area contributed by atoms with Gasteiger partial charge in [0, 0.05) is 11.7 Å². The van der Waals surface area contributed by atoms with Crippen molar-refractivity contribution in [2.75, 3.05) is 25.4 Å². The summed E-state index contributed by atoms with van der Waals surface area (Å²) in [5, 5.41) is 4.44. The van der Waals surface area contributed by atoms with Gasteiger partial charge in [0.15, 0.2) is 5.54 Å². The minimum absolute atomic E-state index is 0.177. The van der Waals surface area contributed by atoms with Crippen molar-refractivity contribution < 1.29 is 18.8 Å². The lowest BCUT2D eigenvalue weighted by atomic mass is 9.80. The SMILES string of the molecule is [C-]#[N+]CC1(n2cc(B3OC(C)(C)C(C)(C)O3)c(N)n2)CN(C(=O)OC(C)(C)C)C1. The zero-order chi connectivity index (χ0) is 21.8. The smallest absolute Gasteiger partial charge is 0.444 e. The van der Waals surface area contributed by atoms with Crippen LogP contribution in [0.1, 0.15) is 48.5 Å². The molecule has 2 saturated heterocycles. The molecule has 3 heterocycles. The predicted octanol–water partition coefficient (Wildman–Crippen LogP) is 1.63. The Balaban J connectivity index is 1.81. The summed E-state index contributed by atoms with van der Waals surface area (Å²) in [6.45, 7) is 21.5. The average Bonchev–Trinajstić information content (AvgIpc) is 2.98. The number of aromatic nitrogens is 2. The summed E-state index contributed by atoms with van der Waals surface area (Å²) < 4.78 is 19.3. The summed E-state index contributed by atoms with van der Waals surface area (Å²) in [5.41, 5.74) is 4.59. The van der Waals surface area contributed by atoms with Crippen LogP contribution < -0.4 is 11.2 Å². The minimum atomic E-state index is -0.644. The van der Waals surface area contributed by atoms with Gasteiger partial charge in [-0.25, -0.2) is 11.4 Å². The number of likely N-dealkylation sites (tertiary alicyclic amines) is 1. The van der Waals surface area contributed by atoms with E-state index in [9.17, 15) is 4.79 Å². The number of nitrogens with two attached hydrogens (primary N) is 1. The quantitative estimate of drug-likeness (QED) is 0.609. The zero-order valence-electron chi connectivity index (χ0n) is 18.3. The van der Waals surface area contributed by atoms with Crippen molar-refractivity contribution in [3.63, 3.8) is 0 Å². The van der Waals surface area contributed by atoms with Crippen molar-refractivity contribution in [2.45, 2.75) is 70.8 Å². The van der Waals surface area contributed by atoms with Crippen molar-refractivity contribution >= 4 is 24.5 Å². The third-order valence-corrected chi connectivity index (χ3v) is 5.76. The maximum Gasteiger partial charge on any atom is 0.500 e. The fraction of sp³-hybridized carbons (Fsp3) is 0.737. The highest BCUT2D eigenvalue weighted by Crippen LogP contribution is 2.37. The van der Waals surface area contributed by atoms with Crippen LogP contribution in [0.2, 0.25) is 0 Å². The maximum absolute atomic E-state index is 12.3. The van der Waals surface area contributed by atoms with E-state index in [1.54, 1.807) is 15.8 Å². The minimum Gasteiger partial charge on any atom is -0.444 e. The number of carbonyl (C=O) groups excluding carboxylic acids is 1. The molecule has 1 aromatic heterocycles. The lowest BCUT2D eigenvalue weighted by Gasteiger charge is -2.46. The molecular formula is C19H30BN5O4. The molecular weight excluding hydrogens is 373 g/mol. The first kappa shape index (κ1) is 21.5. The third kappa shape index (κ3) is 3.81. The second-order valence-corrected chi connectivity index (χ2v) is 9.88. The van der Waals surface area contributed by atoms with Crippen molar-refractivity contribution in [1.29, 1.82) is 0 Å². The van der Waals surface area contributed by atoms with Gasteiger partial charge in [0.2, 0.25) is 6.54 Å². The van der Waals surface area contributed by atoms with Gasteiger partial charge in [0.05, 0.1) is 24.3 Å². The number of hydrogen-bond donors (Lipinski definition) is 1. The van der Waals surface area contributed by atoms with Gasteiger partial charge < -0.3 is 29.5 Å². The summed E-state index contributed by atoms with van der Waals surface area (Å²) in [6.07, 6.45) is 1.37. The topological polar surface area (TPSA) is 96.2 Å². The number of nitrogen functional groups attached to an aromatic ring is 1. The van der Waals surface area contributed by atoms with E-state index in [-0.39, 0.29) is 6.54 Å². The maximum atomic E-state index is 12.3. The van der Waals surface area contributed by atoms with Gasteiger partial charge in [0.25, 0.3) is 0 Å². The molecule has 0 unspecified atom stereocenters. The van der Waals surface area contributed by atoms with Crippen molar-refractivity contribution in [3.8, 4) is 0 Å². The standard InChI is InChI=1S/C19H30BN5O4/c1-16(2,3)27-15(26)24-11-19(12-24,10-22-8)25-9-13(14(21)23-25)20-28-17(4,5)18(6,7)29-20/h9H,10-12H2,1-7H3,(H2,21,23). The molecule has 0 spiro atoms. The molecule has 0 aromatic carbocycles. The van der Waals surface area contributed by atoms with Crippen LogP contribution in [-0.4, -0.2) is 64.3 Å². The van der Waals surface area contributed by atoms with E-state index in [0.29, 0.717) is 24.4 Å². The van der Waals surface area contributed by atoms with Crippen LogP contribution in [0.5, 0.6) is 0 Å². The van der Waals surface area contributed by atoms with E-state index >= 15 is 0 Å². The van der Waals surface area contributed by atoms with Crippen molar-refractivity contribution in [2.24, 2.45) is 0 Å². The second kappa shape index (κ2) is 6.64. The first-order chi connectivity index (χ1) is 13.2. The second-order valence-electron chi connectivity index (χ2n) is 9.88. The van der Waals surface area contributed by atoms with Gasteiger partial charge in [-0.05, 0) is 48.5 Å². The third-order valence-electron chi connectivity index (χ3n) is 5.76. The lowest BCUT2D eigenvalue weighted by molar-refractivity contribution is -0.0272. The summed E-state index contributed by atoms with van der Waals surface area (Å²) >= 11 is 0. The predicted molar refractivity (Wildman–Crippen MR) is 110 cm³/mol. The molecule has 2 aliphatic heterocycles. The number of carbonyl (C=O) groups is 1.